The molecule has 0 radical (unpaired) electrons. The van der Waals surface area contributed by atoms with Gasteiger partial charge in [-0.05, 0) is 30.5 Å². The molecule has 1 fully saturated rings. The molecule has 1 aromatic carbocycles. The number of benzene rings is 1. The van der Waals surface area contributed by atoms with Gasteiger partial charge in [0, 0.05) is 24.0 Å². The van der Waals surface area contributed by atoms with Gasteiger partial charge >= 0.3 is 0 Å². The van der Waals surface area contributed by atoms with E-state index < -0.39 is 0 Å². The minimum atomic E-state index is -0.168. The Morgan fingerprint density at radius 1 is 1.39 bits per heavy atom. The Hall–Kier alpha value is -0.930. The summed E-state index contributed by atoms with van der Waals surface area (Å²) >= 11 is 0. The summed E-state index contributed by atoms with van der Waals surface area (Å²) in [7, 11) is 0. The van der Waals surface area contributed by atoms with Gasteiger partial charge in [-0.2, -0.15) is 0 Å². The molecule has 1 saturated carbocycles. The van der Waals surface area contributed by atoms with Crippen LogP contribution in [0.5, 0.6) is 0 Å². The Bertz CT molecular complexity index is 403. The molecular weight excluding hydrogens is 227 g/mol. The summed E-state index contributed by atoms with van der Waals surface area (Å²) in [6.07, 6.45) is 3.47. The first-order valence-electron chi connectivity index (χ1n) is 6.74. The zero-order valence-corrected chi connectivity index (χ0v) is 11.2. The normalized spacial score (nSPS) is 24.4. The molecular formula is C15H23FN2. The molecule has 0 aromatic heterocycles. The average Bonchev–Trinajstić information content (AvgIpc) is 2.72. The van der Waals surface area contributed by atoms with Gasteiger partial charge in [0.2, 0.25) is 0 Å². The standard InChI is InChI=1S/C15H23FN2/c1-15(2,11-5-3-6-12(16)9-11)10-18-14-8-4-7-13(14)17/h3,5-6,9,13-14,18H,4,7-8,10,17H2,1-2H3. The van der Waals surface area contributed by atoms with E-state index in [1.807, 2.05) is 6.07 Å². The van der Waals surface area contributed by atoms with Crippen molar-refractivity contribution in [2.24, 2.45) is 5.73 Å². The van der Waals surface area contributed by atoms with Crippen molar-refractivity contribution in [3.63, 3.8) is 0 Å². The average molecular weight is 250 g/mol. The Kier molecular flexibility index (Phi) is 4.03. The van der Waals surface area contributed by atoms with Crippen molar-refractivity contribution in [2.45, 2.75) is 50.6 Å². The highest BCUT2D eigenvalue weighted by Gasteiger charge is 2.27. The summed E-state index contributed by atoms with van der Waals surface area (Å²) in [6.45, 7) is 5.10. The quantitative estimate of drug-likeness (QED) is 0.862. The Labute approximate surface area is 109 Å². The van der Waals surface area contributed by atoms with Gasteiger partial charge in [0.1, 0.15) is 5.82 Å². The molecule has 0 heterocycles. The molecule has 2 rings (SSSR count). The Balaban J connectivity index is 1.98. The smallest absolute Gasteiger partial charge is 0.123 e. The molecule has 3 N–H and O–H groups in total. The summed E-state index contributed by atoms with van der Waals surface area (Å²) in [4.78, 5) is 0. The fourth-order valence-electron chi connectivity index (χ4n) is 2.64. The molecule has 1 aromatic rings. The fourth-order valence-corrected chi connectivity index (χ4v) is 2.64. The van der Waals surface area contributed by atoms with E-state index in [0.717, 1.165) is 24.9 Å². The third-order valence-electron chi connectivity index (χ3n) is 3.98. The molecule has 0 saturated heterocycles. The van der Waals surface area contributed by atoms with Gasteiger partial charge in [0.25, 0.3) is 0 Å². The van der Waals surface area contributed by atoms with Crippen LogP contribution in [0.2, 0.25) is 0 Å². The van der Waals surface area contributed by atoms with Gasteiger partial charge in [0.15, 0.2) is 0 Å². The summed E-state index contributed by atoms with van der Waals surface area (Å²) in [5.41, 5.74) is 7.00. The molecule has 2 nitrogen and oxygen atoms in total. The maximum atomic E-state index is 13.3. The van der Waals surface area contributed by atoms with Crippen LogP contribution in [0.25, 0.3) is 0 Å². The lowest BCUT2D eigenvalue weighted by molar-refractivity contribution is 0.399. The molecule has 1 aliphatic carbocycles. The summed E-state index contributed by atoms with van der Waals surface area (Å²) < 4.78 is 13.3. The summed E-state index contributed by atoms with van der Waals surface area (Å²) in [5.74, 6) is -0.168. The predicted molar refractivity (Wildman–Crippen MR) is 73.0 cm³/mol. The highest BCUT2D eigenvalue weighted by molar-refractivity contribution is 5.25. The van der Waals surface area contributed by atoms with Crippen LogP contribution < -0.4 is 11.1 Å². The Morgan fingerprint density at radius 3 is 2.78 bits per heavy atom. The van der Waals surface area contributed by atoms with E-state index >= 15 is 0 Å². The van der Waals surface area contributed by atoms with Crippen LogP contribution in [0.3, 0.4) is 0 Å². The molecule has 18 heavy (non-hydrogen) atoms. The van der Waals surface area contributed by atoms with Crippen LogP contribution in [0, 0.1) is 5.82 Å². The molecule has 0 spiro atoms. The second-order valence-electron chi connectivity index (χ2n) is 5.98. The number of nitrogens with two attached hydrogens (primary N) is 1. The molecule has 0 aliphatic heterocycles. The molecule has 0 amide bonds. The summed E-state index contributed by atoms with van der Waals surface area (Å²) in [6, 6.07) is 7.55. The topological polar surface area (TPSA) is 38.0 Å². The minimum Gasteiger partial charge on any atom is -0.326 e. The third kappa shape index (κ3) is 3.09. The van der Waals surface area contributed by atoms with Gasteiger partial charge in [0.05, 0.1) is 0 Å². The first-order valence-corrected chi connectivity index (χ1v) is 6.74. The fraction of sp³-hybridized carbons (Fsp3) is 0.600. The van der Waals surface area contributed by atoms with Gasteiger partial charge < -0.3 is 11.1 Å². The van der Waals surface area contributed by atoms with E-state index in [2.05, 4.69) is 19.2 Å². The van der Waals surface area contributed by atoms with Crippen LogP contribution in [0.15, 0.2) is 24.3 Å². The predicted octanol–water partition coefficient (Wildman–Crippen LogP) is 2.57. The zero-order chi connectivity index (χ0) is 13.2. The van der Waals surface area contributed by atoms with E-state index in [9.17, 15) is 4.39 Å². The Morgan fingerprint density at radius 2 is 2.17 bits per heavy atom. The zero-order valence-electron chi connectivity index (χ0n) is 11.2. The highest BCUT2D eigenvalue weighted by atomic mass is 19.1. The minimum absolute atomic E-state index is 0.0790. The lowest BCUT2D eigenvalue weighted by Crippen LogP contribution is -2.45. The maximum Gasteiger partial charge on any atom is 0.123 e. The molecule has 2 atom stereocenters. The lowest BCUT2D eigenvalue weighted by Gasteiger charge is -2.29. The number of rotatable bonds is 4. The number of hydrogen-bond acceptors (Lipinski definition) is 2. The third-order valence-corrected chi connectivity index (χ3v) is 3.98. The van der Waals surface area contributed by atoms with E-state index in [0.29, 0.717) is 6.04 Å². The van der Waals surface area contributed by atoms with Crippen molar-refractivity contribution in [3.05, 3.63) is 35.6 Å². The number of hydrogen-bond donors (Lipinski definition) is 2. The van der Waals surface area contributed by atoms with Crippen molar-refractivity contribution < 1.29 is 4.39 Å². The van der Waals surface area contributed by atoms with E-state index in [1.165, 1.54) is 12.5 Å². The van der Waals surface area contributed by atoms with Crippen molar-refractivity contribution in [3.8, 4) is 0 Å². The SMILES string of the molecule is CC(C)(CNC1CCCC1N)c1cccc(F)c1. The van der Waals surface area contributed by atoms with Crippen LogP contribution in [-0.4, -0.2) is 18.6 Å². The van der Waals surface area contributed by atoms with E-state index in [1.54, 1.807) is 12.1 Å². The molecule has 2 unspecified atom stereocenters. The monoisotopic (exact) mass is 250 g/mol. The number of halogens is 1. The summed E-state index contributed by atoms with van der Waals surface area (Å²) in [5, 5.41) is 3.54. The van der Waals surface area contributed by atoms with Crippen molar-refractivity contribution >= 4 is 0 Å². The first kappa shape index (κ1) is 13.5. The molecule has 0 bridgehead atoms. The van der Waals surface area contributed by atoms with Gasteiger partial charge in [-0.15, -0.1) is 0 Å². The van der Waals surface area contributed by atoms with Crippen molar-refractivity contribution in [1.82, 2.24) is 5.32 Å². The van der Waals surface area contributed by atoms with Crippen molar-refractivity contribution in [2.75, 3.05) is 6.54 Å². The molecule has 1 aliphatic rings. The molecule has 100 valence electrons. The van der Waals surface area contributed by atoms with Crippen LogP contribution in [0.4, 0.5) is 4.39 Å². The van der Waals surface area contributed by atoms with Crippen LogP contribution in [0.1, 0.15) is 38.7 Å². The van der Waals surface area contributed by atoms with Gasteiger partial charge in [-0.3, -0.25) is 0 Å². The van der Waals surface area contributed by atoms with E-state index in [4.69, 9.17) is 5.73 Å². The second-order valence-corrected chi connectivity index (χ2v) is 5.98. The van der Waals surface area contributed by atoms with Crippen molar-refractivity contribution in [1.29, 1.82) is 0 Å². The lowest BCUT2D eigenvalue weighted by atomic mass is 9.84. The van der Waals surface area contributed by atoms with Crippen LogP contribution >= 0.6 is 0 Å². The first-order chi connectivity index (χ1) is 8.49. The maximum absolute atomic E-state index is 13.3. The van der Waals surface area contributed by atoms with Crippen LogP contribution in [-0.2, 0) is 5.41 Å². The highest BCUT2D eigenvalue weighted by Crippen LogP contribution is 2.24. The number of nitrogens with one attached hydrogen (secondary N) is 1. The molecule has 3 heteroatoms. The van der Waals surface area contributed by atoms with E-state index in [-0.39, 0.29) is 17.3 Å². The largest absolute Gasteiger partial charge is 0.326 e. The van der Waals surface area contributed by atoms with Gasteiger partial charge in [-0.25, -0.2) is 4.39 Å². The van der Waals surface area contributed by atoms with Gasteiger partial charge in [-0.1, -0.05) is 32.4 Å². The second kappa shape index (κ2) is 5.37.